The lowest BCUT2D eigenvalue weighted by Gasteiger charge is -2.18. The van der Waals surface area contributed by atoms with Crippen molar-refractivity contribution in [3.8, 4) is 0 Å². The van der Waals surface area contributed by atoms with Gasteiger partial charge in [-0.15, -0.1) is 0 Å². The highest BCUT2D eigenvalue weighted by atomic mass is 16.6. The highest BCUT2D eigenvalue weighted by molar-refractivity contribution is 5.89. The first-order valence-electron chi connectivity index (χ1n) is 4.73. The summed E-state index contributed by atoms with van der Waals surface area (Å²) in [5, 5.41) is 15.3. The van der Waals surface area contributed by atoms with E-state index in [-0.39, 0.29) is 12.3 Å². The van der Waals surface area contributed by atoms with Gasteiger partial charge >= 0.3 is 5.97 Å². The highest BCUT2D eigenvalue weighted by Crippen LogP contribution is 2.15. The van der Waals surface area contributed by atoms with Crippen molar-refractivity contribution in [1.29, 1.82) is 0 Å². The van der Waals surface area contributed by atoms with Crippen molar-refractivity contribution in [3.63, 3.8) is 0 Å². The number of nitrogens with one attached hydrogen (secondary N) is 1. The van der Waals surface area contributed by atoms with Crippen LogP contribution in [0.5, 0.6) is 0 Å². The zero-order valence-electron chi connectivity index (χ0n) is 9.42. The molecule has 5 nitrogen and oxygen atoms in total. The molecule has 0 aliphatic heterocycles. The van der Waals surface area contributed by atoms with E-state index in [2.05, 4.69) is 10.2 Å². The zero-order chi connectivity index (χ0) is 11.6. The number of nitrogens with zero attached hydrogens (tertiary/aromatic N) is 1. The first-order valence-corrected chi connectivity index (χ1v) is 4.73. The number of aliphatic hydroxyl groups excluding tert-OH is 1. The predicted octanol–water partition coefficient (Wildman–Crippen LogP) is 1.17. The molecular formula is C10H16N2O3. The zero-order valence-corrected chi connectivity index (χ0v) is 9.42. The Morgan fingerprint density at radius 1 is 1.53 bits per heavy atom. The van der Waals surface area contributed by atoms with Gasteiger partial charge in [-0.2, -0.15) is 5.10 Å². The number of rotatable bonds is 2. The number of aromatic amines is 1. The van der Waals surface area contributed by atoms with E-state index in [1.54, 1.807) is 27.7 Å². The van der Waals surface area contributed by atoms with E-state index in [1.807, 2.05) is 0 Å². The third-order valence-corrected chi connectivity index (χ3v) is 1.86. The first-order chi connectivity index (χ1) is 6.85. The quantitative estimate of drug-likeness (QED) is 0.721. The van der Waals surface area contributed by atoms with Crippen LogP contribution in [-0.2, 0) is 11.3 Å². The Hall–Kier alpha value is -1.36. The monoisotopic (exact) mass is 212 g/mol. The molecule has 0 amide bonds. The fourth-order valence-corrected chi connectivity index (χ4v) is 1.11. The second kappa shape index (κ2) is 4.02. The van der Waals surface area contributed by atoms with Gasteiger partial charge in [-0.05, 0) is 27.7 Å². The molecule has 5 heteroatoms. The second-order valence-corrected chi connectivity index (χ2v) is 4.34. The lowest BCUT2D eigenvalue weighted by atomic mass is 10.2. The molecule has 0 spiro atoms. The molecule has 0 atom stereocenters. The number of hydrogen-bond acceptors (Lipinski definition) is 4. The molecular weight excluding hydrogens is 196 g/mol. The number of hydrogen-bond donors (Lipinski definition) is 2. The Labute approximate surface area is 88.5 Å². The maximum absolute atomic E-state index is 11.6. The van der Waals surface area contributed by atoms with Crippen molar-refractivity contribution < 1.29 is 14.6 Å². The fourth-order valence-electron chi connectivity index (χ4n) is 1.11. The number of aliphatic hydroxyl groups is 1. The minimum Gasteiger partial charge on any atom is -0.455 e. The van der Waals surface area contributed by atoms with Crippen LogP contribution in [0.25, 0.3) is 0 Å². The molecule has 0 saturated heterocycles. The van der Waals surface area contributed by atoms with Crippen LogP contribution in [0.1, 0.15) is 42.5 Å². The fraction of sp³-hybridized carbons (Fsp3) is 0.600. The van der Waals surface area contributed by atoms with Crippen molar-refractivity contribution in [3.05, 3.63) is 17.0 Å². The molecule has 84 valence electrons. The minimum absolute atomic E-state index is 0.165. The van der Waals surface area contributed by atoms with Crippen LogP contribution >= 0.6 is 0 Å². The largest absolute Gasteiger partial charge is 0.455 e. The van der Waals surface area contributed by atoms with Gasteiger partial charge in [-0.3, -0.25) is 5.10 Å². The number of carbonyl (C=O) groups excluding carboxylic acids is 1. The van der Waals surface area contributed by atoms with Crippen molar-refractivity contribution in [2.24, 2.45) is 0 Å². The summed E-state index contributed by atoms with van der Waals surface area (Å²) in [7, 11) is 0. The number of H-pyrrole nitrogens is 1. The van der Waals surface area contributed by atoms with E-state index in [4.69, 9.17) is 9.84 Å². The Balaban J connectivity index is 2.88. The summed E-state index contributed by atoms with van der Waals surface area (Å²) in [4.78, 5) is 11.6. The topological polar surface area (TPSA) is 75.2 Å². The standard InChI is InChI=1S/C10H16N2O3/c1-6-7(5-13)11-12-8(6)9(14)15-10(2,3)4/h13H,5H2,1-4H3,(H,11,12). The van der Waals surface area contributed by atoms with E-state index in [0.717, 1.165) is 0 Å². The van der Waals surface area contributed by atoms with E-state index < -0.39 is 11.6 Å². The summed E-state index contributed by atoms with van der Waals surface area (Å²) in [6.07, 6.45) is 0. The molecule has 0 unspecified atom stereocenters. The van der Waals surface area contributed by atoms with Crippen LogP contribution in [0.15, 0.2) is 0 Å². The summed E-state index contributed by atoms with van der Waals surface area (Å²) in [5.74, 6) is -0.476. The Kier molecular flexibility index (Phi) is 3.14. The molecule has 1 aromatic heterocycles. The van der Waals surface area contributed by atoms with Gasteiger partial charge in [0.25, 0.3) is 0 Å². The molecule has 1 rings (SSSR count). The van der Waals surface area contributed by atoms with Gasteiger partial charge < -0.3 is 9.84 Å². The molecule has 0 aromatic carbocycles. The summed E-state index contributed by atoms with van der Waals surface area (Å²) in [6, 6.07) is 0. The molecule has 0 aliphatic carbocycles. The van der Waals surface area contributed by atoms with Crippen molar-refractivity contribution >= 4 is 5.97 Å². The number of ether oxygens (including phenoxy) is 1. The second-order valence-electron chi connectivity index (χ2n) is 4.34. The number of esters is 1. The van der Waals surface area contributed by atoms with Crippen LogP contribution in [0.3, 0.4) is 0 Å². The van der Waals surface area contributed by atoms with Gasteiger partial charge in [-0.1, -0.05) is 0 Å². The highest BCUT2D eigenvalue weighted by Gasteiger charge is 2.22. The Morgan fingerprint density at radius 3 is 2.53 bits per heavy atom. The summed E-state index contributed by atoms with van der Waals surface area (Å²) >= 11 is 0. The van der Waals surface area contributed by atoms with Crippen LogP contribution in [-0.4, -0.2) is 26.9 Å². The summed E-state index contributed by atoms with van der Waals surface area (Å²) < 4.78 is 5.16. The minimum atomic E-state index is -0.540. The molecule has 0 aliphatic rings. The SMILES string of the molecule is Cc1c(C(=O)OC(C)(C)C)n[nH]c1CO. The molecule has 0 saturated carbocycles. The lowest BCUT2D eigenvalue weighted by Crippen LogP contribution is -2.24. The van der Waals surface area contributed by atoms with Gasteiger partial charge in [0, 0.05) is 5.56 Å². The number of carbonyl (C=O) groups is 1. The lowest BCUT2D eigenvalue weighted by molar-refractivity contribution is 0.00620. The van der Waals surface area contributed by atoms with E-state index in [9.17, 15) is 4.79 Å². The van der Waals surface area contributed by atoms with Crippen molar-refractivity contribution in [2.75, 3.05) is 0 Å². The number of aromatic nitrogens is 2. The molecule has 0 radical (unpaired) electrons. The predicted molar refractivity (Wildman–Crippen MR) is 54.4 cm³/mol. The van der Waals surface area contributed by atoms with Crippen LogP contribution in [0.2, 0.25) is 0 Å². The molecule has 1 aromatic rings. The van der Waals surface area contributed by atoms with Crippen LogP contribution < -0.4 is 0 Å². The third-order valence-electron chi connectivity index (χ3n) is 1.86. The van der Waals surface area contributed by atoms with E-state index >= 15 is 0 Å². The van der Waals surface area contributed by atoms with Crippen LogP contribution in [0, 0.1) is 6.92 Å². The van der Waals surface area contributed by atoms with Crippen LogP contribution in [0.4, 0.5) is 0 Å². The van der Waals surface area contributed by atoms with Crippen molar-refractivity contribution in [2.45, 2.75) is 39.9 Å². The molecule has 0 fully saturated rings. The maximum Gasteiger partial charge on any atom is 0.359 e. The molecule has 2 N–H and O–H groups in total. The van der Waals surface area contributed by atoms with Gasteiger partial charge in [-0.25, -0.2) is 4.79 Å². The maximum atomic E-state index is 11.6. The van der Waals surface area contributed by atoms with Gasteiger partial charge in [0.1, 0.15) is 5.60 Å². The average molecular weight is 212 g/mol. The van der Waals surface area contributed by atoms with Gasteiger partial charge in [0.05, 0.1) is 12.3 Å². The average Bonchev–Trinajstić information content (AvgIpc) is 2.43. The van der Waals surface area contributed by atoms with Crippen molar-refractivity contribution in [1.82, 2.24) is 10.2 Å². The first kappa shape index (κ1) is 11.7. The third kappa shape index (κ3) is 2.79. The smallest absolute Gasteiger partial charge is 0.359 e. The molecule has 0 bridgehead atoms. The summed E-state index contributed by atoms with van der Waals surface area (Å²) in [5.41, 5.74) is 0.860. The van der Waals surface area contributed by atoms with E-state index in [1.165, 1.54) is 0 Å². The van der Waals surface area contributed by atoms with E-state index in [0.29, 0.717) is 11.3 Å². The van der Waals surface area contributed by atoms with Gasteiger partial charge in [0.15, 0.2) is 5.69 Å². The normalized spacial score (nSPS) is 11.5. The Morgan fingerprint density at radius 2 is 2.13 bits per heavy atom. The summed E-state index contributed by atoms with van der Waals surface area (Å²) in [6.45, 7) is 6.93. The van der Waals surface area contributed by atoms with Gasteiger partial charge in [0.2, 0.25) is 0 Å². The molecule has 15 heavy (non-hydrogen) atoms. The molecule has 1 heterocycles. The Bertz CT molecular complexity index is 363.